The summed E-state index contributed by atoms with van der Waals surface area (Å²) >= 11 is 0. The molecule has 1 aliphatic carbocycles. The largest absolute Gasteiger partial charge is 0.495 e. The van der Waals surface area contributed by atoms with Gasteiger partial charge in [0.1, 0.15) is 16.7 Å². The van der Waals surface area contributed by atoms with Crippen molar-refractivity contribution in [3.05, 3.63) is 48.7 Å². The van der Waals surface area contributed by atoms with Crippen molar-refractivity contribution >= 4 is 10.0 Å². The van der Waals surface area contributed by atoms with Crippen LogP contribution < -0.4 is 14.2 Å². The molecule has 0 amide bonds. The molecule has 1 aromatic carbocycles. The van der Waals surface area contributed by atoms with Gasteiger partial charge in [-0.2, -0.15) is 0 Å². The van der Waals surface area contributed by atoms with Gasteiger partial charge in [0.05, 0.1) is 7.11 Å². The Hall–Kier alpha value is -2.12. The van der Waals surface area contributed by atoms with Crippen LogP contribution in [0.1, 0.15) is 25.7 Å². The van der Waals surface area contributed by atoms with Crippen LogP contribution in [-0.4, -0.2) is 32.7 Å². The minimum absolute atomic E-state index is 0.0712. The highest BCUT2D eigenvalue weighted by molar-refractivity contribution is 7.89. The Morgan fingerprint density at radius 1 is 1.04 bits per heavy atom. The first-order valence-electron chi connectivity index (χ1n) is 8.31. The number of benzene rings is 1. The summed E-state index contributed by atoms with van der Waals surface area (Å²) in [5.41, 5.74) is 0. The Morgan fingerprint density at radius 2 is 1.76 bits per heavy atom. The fourth-order valence-corrected chi connectivity index (χ4v) is 4.49. The Labute approximate surface area is 148 Å². The maximum Gasteiger partial charge on any atom is 0.244 e. The van der Waals surface area contributed by atoms with E-state index >= 15 is 0 Å². The van der Waals surface area contributed by atoms with E-state index in [9.17, 15) is 8.42 Å². The lowest BCUT2D eigenvalue weighted by Gasteiger charge is -2.29. The molecule has 1 N–H and O–H groups in total. The maximum atomic E-state index is 12.6. The van der Waals surface area contributed by atoms with Gasteiger partial charge in [0, 0.05) is 18.3 Å². The monoisotopic (exact) mass is 362 g/mol. The fraction of sp³-hybridized carbons (Fsp3) is 0.389. The average Bonchev–Trinajstić information content (AvgIpc) is 2.64. The van der Waals surface area contributed by atoms with E-state index in [2.05, 4.69) is 9.71 Å². The number of rotatable bonds is 6. The molecule has 1 saturated carbocycles. The van der Waals surface area contributed by atoms with E-state index in [0.717, 1.165) is 25.7 Å². The van der Waals surface area contributed by atoms with E-state index in [1.54, 1.807) is 30.5 Å². The molecule has 1 fully saturated rings. The second-order valence-corrected chi connectivity index (χ2v) is 7.71. The highest BCUT2D eigenvalue weighted by atomic mass is 32.2. The molecule has 0 radical (unpaired) electrons. The Bertz CT molecular complexity index is 788. The van der Waals surface area contributed by atoms with Crippen LogP contribution >= 0.6 is 0 Å². The molecule has 0 atom stereocenters. The van der Waals surface area contributed by atoms with Gasteiger partial charge >= 0.3 is 0 Å². The van der Waals surface area contributed by atoms with Crippen molar-refractivity contribution in [1.82, 2.24) is 9.71 Å². The predicted octanol–water partition coefficient (Wildman–Crippen LogP) is 2.76. The third-order valence-corrected chi connectivity index (χ3v) is 5.84. The molecule has 0 bridgehead atoms. The number of nitrogens with zero attached hydrogens (tertiary/aromatic N) is 1. The number of methoxy groups -OCH3 is 1. The zero-order chi connectivity index (χ0) is 17.7. The molecule has 2 aromatic rings. The van der Waals surface area contributed by atoms with Crippen molar-refractivity contribution < 1.29 is 17.9 Å². The quantitative estimate of drug-likeness (QED) is 0.855. The molecule has 0 unspecified atom stereocenters. The zero-order valence-corrected chi connectivity index (χ0v) is 14.9. The van der Waals surface area contributed by atoms with Crippen molar-refractivity contribution in [2.24, 2.45) is 0 Å². The highest BCUT2D eigenvalue weighted by Crippen LogP contribution is 2.26. The number of pyridine rings is 1. The van der Waals surface area contributed by atoms with Gasteiger partial charge in [0.15, 0.2) is 0 Å². The summed E-state index contributed by atoms with van der Waals surface area (Å²) in [7, 11) is -2.14. The molecule has 0 spiro atoms. The molecule has 3 rings (SSSR count). The van der Waals surface area contributed by atoms with Crippen LogP contribution in [0.4, 0.5) is 0 Å². The summed E-state index contributed by atoms with van der Waals surface area (Å²) in [6.07, 6.45) is 4.80. The SMILES string of the molecule is COc1ccccc1S(=O)(=O)NC1CCC(Oc2ccccn2)CC1. The van der Waals surface area contributed by atoms with Crippen molar-refractivity contribution in [3.63, 3.8) is 0 Å². The lowest BCUT2D eigenvalue weighted by atomic mass is 9.94. The highest BCUT2D eigenvalue weighted by Gasteiger charge is 2.28. The summed E-state index contributed by atoms with van der Waals surface area (Å²) in [6, 6.07) is 12.1. The molecule has 1 aromatic heterocycles. The summed E-state index contributed by atoms with van der Waals surface area (Å²) in [6.45, 7) is 0. The van der Waals surface area contributed by atoms with Crippen molar-refractivity contribution in [1.29, 1.82) is 0 Å². The van der Waals surface area contributed by atoms with E-state index in [0.29, 0.717) is 11.6 Å². The number of para-hydroxylation sites is 1. The molecule has 0 aliphatic heterocycles. The van der Waals surface area contributed by atoms with Gasteiger partial charge in [0.2, 0.25) is 15.9 Å². The van der Waals surface area contributed by atoms with Crippen LogP contribution in [0.2, 0.25) is 0 Å². The fourth-order valence-electron chi connectivity index (χ4n) is 3.01. The predicted molar refractivity (Wildman–Crippen MR) is 94.2 cm³/mol. The van der Waals surface area contributed by atoms with Crippen molar-refractivity contribution in [2.45, 2.75) is 42.7 Å². The second-order valence-electron chi connectivity index (χ2n) is 6.03. The average molecular weight is 362 g/mol. The molecule has 1 aliphatic rings. The Kier molecular flexibility index (Phi) is 5.55. The summed E-state index contributed by atoms with van der Waals surface area (Å²) in [5.74, 6) is 0.961. The number of aromatic nitrogens is 1. The third-order valence-electron chi connectivity index (χ3n) is 4.28. The topological polar surface area (TPSA) is 77.5 Å². The smallest absolute Gasteiger partial charge is 0.244 e. The van der Waals surface area contributed by atoms with Crippen LogP contribution in [0.5, 0.6) is 11.6 Å². The summed E-state index contributed by atoms with van der Waals surface area (Å²) in [4.78, 5) is 4.33. The van der Waals surface area contributed by atoms with Crippen LogP contribution in [0.15, 0.2) is 53.6 Å². The molecular weight excluding hydrogens is 340 g/mol. The first kappa shape index (κ1) is 17.7. The van der Waals surface area contributed by atoms with Gasteiger partial charge in [-0.25, -0.2) is 18.1 Å². The third kappa shape index (κ3) is 4.49. The number of sulfonamides is 1. The zero-order valence-electron chi connectivity index (χ0n) is 14.1. The molecule has 25 heavy (non-hydrogen) atoms. The van der Waals surface area contributed by atoms with Crippen molar-refractivity contribution in [3.8, 4) is 11.6 Å². The Balaban J connectivity index is 1.58. The first-order chi connectivity index (χ1) is 12.1. The number of nitrogens with one attached hydrogen (secondary N) is 1. The standard InChI is InChI=1S/C18H22N2O4S/c1-23-16-6-2-3-7-17(16)25(21,22)20-14-9-11-15(12-10-14)24-18-8-4-5-13-19-18/h2-8,13-15,20H,9-12H2,1H3. The van der Waals surface area contributed by atoms with Crippen LogP contribution in [0.25, 0.3) is 0 Å². The summed E-state index contributed by atoms with van der Waals surface area (Å²) < 4.78 is 39.0. The number of hydrogen-bond acceptors (Lipinski definition) is 5. The summed E-state index contributed by atoms with van der Waals surface area (Å²) in [5, 5.41) is 0. The Morgan fingerprint density at radius 3 is 2.44 bits per heavy atom. The lowest BCUT2D eigenvalue weighted by Crippen LogP contribution is -2.39. The van der Waals surface area contributed by atoms with Crippen LogP contribution in [0, 0.1) is 0 Å². The molecule has 1 heterocycles. The van der Waals surface area contributed by atoms with E-state index in [1.165, 1.54) is 7.11 Å². The van der Waals surface area contributed by atoms with Crippen LogP contribution in [0.3, 0.4) is 0 Å². The van der Waals surface area contributed by atoms with E-state index in [4.69, 9.17) is 9.47 Å². The minimum Gasteiger partial charge on any atom is -0.495 e. The molecule has 7 heteroatoms. The molecule has 6 nitrogen and oxygen atoms in total. The maximum absolute atomic E-state index is 12.6. The van der Waals surface area contributed by atoms with E-state index < -0.39 is 10.0 Å². The van der Waals surface area contributed by atoms with Gasteiger partial charge in [-0.3, -0.25) is 0 Å². The van der Waals surface area contributed by atoms with Crippen LogP contribution in [-0.2, 0) is 10.0 Å². The van der Waals surface area contributed by atoms with Gasteiger partial charge < -0.3 is 9.47 Å². The first-order valence-corrected chi connectivity index (χ1v) is 9.80. The van der Waals surface area contributed by atoms with Crippen molar-refractivity contribution in [2.75, 3.05) is 7.11 Å². The van der Waals surface area contributed by atoms with E-state index in [-0.39, 0.29) is 17.0 Å². The van der Waals surface area contributed by atoms with Gasteiger partial charge in [-0.05, 0) is 43.9 Å². The van der Waals surface area contributed by atoms with E-state index in [1.807, 2.05) is 18.2 Å². The second kappa shape index (κ2) is 7.84. The van der Waals surface area contributed by atoms with Gasteiger partial charge in [-0.1, -0.05) is 18.2 Å². The molecular formula is C18H22N2O4S. The minimum atomic E-state index is -3.61. The normalized spacial score (nSPS) is 20.8. The molecule has 0 saturated heterocycles. The lowest BCUT2D eigenvalue weighted by molar-refractivity contribution is 0.138. The number of ether oxygens (including phenoxy) is 2. The molecule has 134 valence electrons. The van der Waals surface area contributed by atoms with Gasteiger partial charge in [-0.15, -0.1) is 0 Å². The van der Waals surface area contributed by atoms with Gasteiger partial charge in [0.25, 0.3) is 0 Å². The number of hydrogen-bond donors (Lipinski definition) is 1.